The second-order valence-corrected chi connectivity index (χ2v) is 7.24. The van der Waals surface area contributed by atoms with Crippen molar-refractivity contribution in [2.45, 2.75) is 58.4 Å². The molecule has 0 radical (unpaired) electrons. The van der Waals surface area contributed by atoms with E-state index < -0.39 is 0 Å². The number of aromatic amines is 1. The van der Waals surface area contributed by atoms with Crippen LogP contribution in [0.5, 0.6) is 0 Å². The Labute approximate surface area is 153 Å². The maximum atomic E-state index is 12.8. The summed E-state index contributed by atoms with van der Waals surface area (Å²) in [5.74, 6) is 1.46. The number of H-pyrrole nitrogens is 1. The molecule has 2 N–H and O–H groups in total. The highest BCUT2D eigenvalue weighted by atomic mass is 16.2. The molecule has 0 bridgehead atoms. The second-order valence-electron chi connectivity index (χ2n) is 7.24. The van der Waals surface area contributed by atoms with Gasteiger partial charge in [-0.05, 0) is 38.8 Å². The smallest absolute Gasteiger partial charge is 0.244 e. The van der Waals surface area contributed by atoms with Crippen molar-refractivity contribution in [2.75, 3.05) is 5.32 Å². The Hall–Kier alpha value is -2.63. The Balaban J connectivity index is 1.65. The van der Waals surface area contributed by atoms with E-state index in [2.05, 4.69) is 26.1 Å². The number of benzene rings is 1. The Kier molecular flexibility index (Phi) is 4.49. The van der Waals surface area contributed by atoms with Crippen LogP contribution in [0.4, 0.5) is 5.69 Å². The van der Waals surface area contributed by atoms with Gasteiger partial charge in [-0.15, -0.1) is 0 Å². The molecule has 0 aliphatic heterocycles. The van der Waals surface area contributed by atoms with E-state index in [1.807, 2.05) is 32.0 Å². The number of rotatable bonds is 4. The number of carbonyl (C=O) groups excluding carboxylic acids is 1. The minimum atomic E-state index is -0.0437. The van der Waals surface area contributed by atoms with Gasteiger partial charge in [0, 0.05) is 5.92 Å². The zero-order chi connectivity index (χ0) is 18.1. The molecular weight excluding hydrogens is 326 g/mol. The van der Waals surface area contributed by atoms with E-state index in [0.717, 1.165) is 46.8 Å². The quantitative estimate of drug-likeness (QED) is 0.744. The van der Waals surface area contributed by atoms with Gasteiger partial charge in [-0.3, -0.25) is 9.89 Å². The molecule has 1 aliphatic rings. The maximum absolute atomic E-state index is 12.8. The monoisotopic (exact) mass is 351 g/mol. The lowest BCUT2D eigenvalue weighted by Gasteiger charge is -2.22. The van der Waals surface area contributed by atoms with E-state index in [4.69, 9.17) is 4.98 Å². The number of carbonyl (C=O) groups is 1. The number of aryl methyl sites for hydroxylation is 2. The van der Waals surface area contributed by atoms with Gasteiger partial charge in [0.15, 0.2) is 0 Å². The van der Waals surface area contributed by atoms with Gasteiger partial charge in [0.05, 0.1) is 28.1 Å². The highest BCUT2D eigenvalue weighted by Crippen LogP contribution is 2.34. The molecule has 0 spiro atoms. The average Bonchev–Trinajstić information content (AvgIpc) is 3.18. The summed E-state index contributed by atoms with van der Waals surface area (Å²) in [5, 5.41) is 10.1. The highest BCUT2D eigenvalue weighted by molar-refractivity contribution is 5.92. The first-order valence-corrected chi connectivity index (χ1v) is 9.40. The normalized spacial score (nSPS) is 15.5. The summed E-state index contributed by atoms with van der Waals surface area (Å²) in [5.41, 5.74) is 4.46. The van der Waals surface area contributed by atoms with Crippen LogP contribution in [-0.2, 0) is 11.3 Å². The van der Waals surface area contributed by atoms with Gasteiger partial charge >= 0.3 is 0 Å². The third-order valence-corrected chi connectivity index (χ3v) is 5.35. The highest BCUT2D eigenvalue weighted by Gasteiger charge is 2.23. The molecule has 0 saturated heterocycles. The lowest BCUT2D eigenvalue weighted by molar-refractivity contribution is -0.116. The summed E-state index contributed by atoms with van der Waals surface area (Å²) in [6, 6.07) is 8.09. The minimum absolute atomic E-state index is 0.0437. The first kappa shape index (κ1) is 16.8. The predicted molar refractivity (Wildman–Crippen MR) is 102 cm³/mol. The van der Waals surface area contributed by atoms with Crippen molar-refractivity contribution in [3.63, 3.8) is 0 Å². The third kappa shape index (κ3) is 3.11. The van der Waals surface area contributed by atoms with Crippen LogP contribution in [-0.4, -0.2) is 25.7 Å². The minimum Gasteiger partial charge on any atom is -0.321 e. The predicted octanol–water partition coefficient (Wildman–Crippen LogP) is 4.06. The molecule has 2 aromatic heterocycles. The van der Waals surface area contributed by atoms with Crippen molar-refractivity contribution in [2.24, 2.45) is 0 Å². The molecule has 26 heavy (non-hydrogen) atoms. The number of aromatic nitrogens is 4. The number of hydrogen-bond donors (Lipinski definition) is 2. The summed E-state index contributed by atoms with van der Waals surface area (Å²) in [6.07, 6.45) is 6.10. The van der Waals surface area contributed by atoms with Gasteiger partial charge in [-0.1, -0.05) is 31.4 Å². The molecule has 0 unspecified atom stereocenters. The fourth-order valence-corrected chi connectivity index (χ4v) is 3.99. The molecule has 1 amide bonds. The Morgan fingerprint density at radius 2 is 2.00 bits per heavy atom. The van der Waals surface area contributed by atoms with Crippen molar-refractivity contribution < 1.29 is 4.79 Å². The van der Waals surface area contributed by atoms with Crippen LogP contribution >= 0.6 is 0 Å². The molecule has 3 aromatic rings. The SMILES string of the molecule is Cc1n[nH]c(C)c1NC(=O)Cn1c(C2CCCCC2)nc2ccccc21. The van der Waals surface area contributed by atoms with Crippen LogP contribution in [0, 0.1) is 13.8 Å². The van der Waals surface area contributed by atoms with E-state index >= 15 is 0 Å². The summed E-state index contributed by atoms with van der Waals surface area (Å²) in [4.78, 5) is 17.6. The lowest BCUT2D eigenvalue weighted by Crippen LogP contribution is -2.22. The number of imidazole rings is 1. The fraction of sp³-hybridized carbons (Fsp3) is 0.450. The van der Waals surface area contributed by atoms with Crippen molar-refractivity contribution in [3.8, 4) is 0 Å². The Morgan fingerprint density at radius 3 is 2.73 bits per heavy atom. The van der Waals surface area contributed by atoms with Gasteiger partial charge in [-0.25, -0.2) is 4.98 Å². The standard InChI is InChI=1S/C20H25N5O/c1-13-19(14(2)24-23-13)22-18(26)12-25-17-11-7-6-10-16(17)21-20(25)15-8-4-3-5-9-15/h6-7,10-11,15H,3-5,8-9,12H2,1-2H3,(H,22,26)(H,23,24). The van der Waals surface area contributed by atoms with Crippen LogP contribution < -0.4 is 5.32 Å². The number of nitrogens with zero attached hydrogens (tertiary/aromatic N) is 3. The number of fused-ring (bicyclic) bond motifs is 1. The molecule has 6 nitrogen and oxygen atoms in total. The third-order valence-electron chi connectivity index (χ3n) is 5.35. The number of amides is 1. The van der Waals surface area contributed by atoms with E-state index in [9.17, 15) is 4.79 Å². The van der Waals surface area contributed by atoms with Crippen molar-refractivity contribution in [3.05, 3.63) is 41.5 Å². The molecule has 1 aliphatic carbocycles. The van der Waals surface area contributed by atoms with Crippen molar-refractivity contribution in [1.29, 1.82) is 0 Å². The van der Waals surface area contributed by atoms with Crippen LogP contribution in [0.1, 0.15) is 55.2 Å². The summed E-state index contributed by atoms with van der Waals surface area (Å²) >= 11 is 0. The topological polar surface area (TPSA) is 75.6 Å². The van der Waals surface area contributed by atoms with E-state index in [1.165, 1.54) is 19.3 Å². The van der Waals surface area contributed by atoms with Crippen LogP contribution in [0.2, 0.25) is 0 Å². The molecule has 0 atom stereocenters. The molecule has 136 valence electrons. The summed E-state index contributed by atoms with van der Waals surface area (Å²) < 4.78 is 2.10. The van der Waals surface area contributed by atoms with Gasteiger partial charge in [0.1, 0.15) is 12.4 Å². The van der Waals surface area contributed by atoms with E-state index in [0.29, 0.717) is 5.92 Å². The zero-order valence-electron chi connectivity index (χ0n) is 15.4. The summed E-state index contributed by atoms with van der Waals surface area (Å²) in [7, 11) is 0. The molecule has 4 rings (SSSR count). The Morgan fingerprint density at radius 1 is 1.23 bits per heavy atom. The van der Waals surface area contributed by atoms with Crippen molar-refractivity contribution >= 4 is 22.6 Å². The van der Waals surface area contributed by atoms with E-state index in [-0.39, 0.29) is 12.5 Å². The molecule has 6 heteroatoms. The first-order valence-electron chi connectivity index (χ1n) is 9.40. The number of para-hydroxylation sites is 2. The number of nitrogens with one attached hydrogen (secondary N) is 2. The number of hydrogen-bond acceptors (Lipinski definition) is 3. The van der Waals surface area contributed by atoms with Gasteiger partial charge in [0.25, 0.3) is 0 Å². The van der Waals surface area contributed by atoms with E-state index in [1.54, 1.807) is 0 Å². The molecule has 1 fully saturated rings. The van der Waals surface area contributed by atoms with Gasteiger partial charge < -0.3 is 9.88 Å². The first-order chi connectivity index (χ1) is 12.6. The molecule has 1 saturated carbocycles. The van der Waals surface area contributed by atoms with Crippen molar-refractivity contribution in [1.82, 2.24) is 19.7 Å². The largest absolute Gasteiger partial charge is 0.321 e. The fourth-order valence-electron chi connectivity index (χ4n) is 3.99. The Bertz CT molecular complexity index is 913. The second kappa shape index (κ2) is 6.94. The van der Waals surface area contributed by atoms with Crippen LogP contribution in [0.25, 0.3) is 11.0 Å². The molecule has 1 aromatic carbocycles. The lowest BCUT2D eigenvalue weighted by atomic mass is 9.88. The maximum Gasteiger partial charge on any atom is 0.244 e. The average molecular weight is 351 g/mol. The zero-order valence-corrected chi connectivity index (χ0v) is 15.4. The summed E-state index contributed by atoms with van der Waals surface area (Å²) in [6.45, 7) is 4.07. The van der Waals surface area contributed by atoms with Gasteiger partial charge in [-0.2, -0.15) is 5.10 Å². The number of anilines is 1. The van der Waals surface area contributed by atoms with Crippen LogP contribution in [0.15, 0.2) is 24.3 Å². The molecular formula is C20H25N5O. The molecule has 2 heterocycles. The van der Waals surface area contributed by atoms with Gasteiger partial charge in [0.2, 0.25) is 5.91 Å². The van der Waals surface area contributed by atoms with Crippen LogP contribution in [0.3, 0.4) is 0 Å².